The van der Waals surface area contributed by atoms with Crippen LogP contribution >= 0.6 is 0 Å². The topological polar surface area (TPSA) is 56.7 Å². The summed E-state index contributed by atoms with van der Waals surface area (Å²) >= 11 is 0. The Hall–Kier alpha value is -5.94. The van der Waals surface area contributed by atoms with Crippen LogP contribution < -0.4 is 0 Å². The van der Waals surface area contributed by atoms with Gasteiger partial charge in [0.05, 0.1) is 22.4 Å². The van der Waals surface area contributed by atoms with E-state index in [4.69, 9.17) is 22.6 Å². The maximum absolute atomic E-state index is 7.28. The molecule has 319 valence electrons. The number of hydrogen-bond acceptors (Lipinski definition) is 4. The molecule has 1 fully saturated rings. The van der Waals surface area contributed by atoms with E-state index in [1.54, 1.807) is 12.1 Å². The predicted molar refractivity (Wildman–Crippen MR) is 256 cm³/mol. The molecule has 3 aromatic heterocycles. The average Bonchev–Trinajstić information content (AvgIpc) is 3.96. The van der Waals surface area contributed by atoms with E-state index >= 15 is 0 Å². The van der Waals surface area contributed by atoms with E-state index in [0.717, 1.165) is 44.6 Å². The van der Waals surface area contributed by atoms with Crippen molar-refractivity contribution in [3.05, 3.63) is 180 Å². The summed E-state index contributed by atoms with van der Waals surface area (Å²) in [7, 11) is 0. The van der Waals surface area contributed by atoms with Crippen LogP contribution in [0.4, 0.5) is 0 Å². The first-order valence-electron chi connectivity index (χ1n) is 24.8. The van der Waals surface area contributed by atoms with E-state index in [2.05, 4.69) is 122 Å². The molecule has 1 saturated carbocycles. The van der Waals surface area contributed by atoms with Gasteiger partial charge in [-0.15, -0.1) is 47.0 Å². The molecule has 0 aliphatic heterocycles. The monoisotopic (exact) mass is 1010 g/mol. The van der Waals surface area contributed by atoms with Crippen LogP contribution in [-0.4, -0.2) is 19.5 Å². The second-order valence-electron chi connectivity index (χ2n) is 16.9. The smallest absolute Gasteiger partial charge is 0.215 e. The Kier molecular flexibility index (Phi) is 11.1. The fourth-order valence-electron chi connectivity index (χ4n) is 8.71. The van der Waals surface area contributed by atoms with Gasteiger partial charge in [0.15, 0.2) is 0 Å². The van der Waals surface area contributed by atoms with Crippen molar-refractivity contribution >= 4 is 22.1 Å². The van der Waals surface area contributed by atoms with Crippen LogP contribution in [-0.2, 0) is 20.1 Å². The molecule has 0 atom stereocenters. The molecule has 1 aliphatic rings. The van der Waals surface area contributed by atoms with E-state index in [-0.39, 0.29) is 31.2 Å². The zero-order valence-electron chi connectivity index (χ0n) is 42.1. The third-order valence-electron chi connectivity index (χ3n) is 12.0. The number of pyridine rings is 1. The summed E-state index contributed by atoms with van der Waals surface area (Å²) in [5, 5.41) is 0. The zero-order chi connectivity index (χ0) is 47.7. The van der Waals surface area contributed by atoms with Crippen LogP contribution in [0.3, 0.4) is 0 Å². The number of benzene rings is 6. The summed E-state index contributed by atoms with van der Waals surface area (Å²) in [6, 6.07) is 50.8. The number of aryl methyl sites for hydroxylation is 2. The number of nitrogens with zero attached hydrogens (tertiary/aromatic N) is 4. The van der Waals surface area contributed by atoms with Crippen LogP contribution in [0.2, 0.25) is 0 Å². The number of imidazole rings is 1. The van der Waals surface area contributed by atoms with Gasteiger partial charge in [-0.05, 0) is 95.2 Å². The van der Waals surface area contributed by atoms with E-state index in [1.165, 1.54) is 78.9 Å². The standard InChI is InChI=1S/C44H42N3O.C13H12N.Ir/c1-28(2)35-18-13-19-36(29(3)4)42(35)47-39-21-12-11-20-38(39)45-43(47)34-26-37(32-24-22-31(23-25-32)30-14-7-5-8-15-30)41-40(27-34)48-44(46-41)33-16-9-6-10-17-33;1-10-3-6-12(7-4-10)13-8-5-11(2)9-14-13;/h6,9-13,16-26,28-30H,5,7-8,14-15H2,1-4H3;3-6,8-9H,1-2H3;/q2*-1;/i;1D3,2D3;. The van der Waals surface area contributed by atoms with Crippen LogP contribution in [0.25, 0.3) is 73.0 Å². The van der Waals surface area contributed by atoms with Gasteiger partial charge in [-0.25, -0.2) is 0 Å². The molecule has 5 nitrogen and oxygen atoms in total. The molecule has 0 amide bonds. The number of rotatable bonds is 8. The minimum absolute atomic E-state index is 0. The first kappa shape index (κ1) is 36.5. The summed E-state index contributed by atoms with van der Waals surface area (Å²) in [5.74, 6) is 2.77. The molecule has 0 saturated heterocycles. The van der Waals surface area contributed by atoms with Gasteiger partial charge in [0.2, 0.25) is 5.89 Å². The Bertz CT molecular complexity index is 3090. The van der Waals surface area contributed by atoms with Crippen LogP contribution in [0.5, 0.6) is 0 Å². The predicted octanol–water partition coefficient (Wildman–Crippen LogP) is 15.4. The molecule has 63 heavy (non-hydrogen) atoms. The molecule has 0 unspecified atom stereocenters. The molecule has 10 rings (SSSR count). The van der Waals surface area contributed by atoms with E-state index in [9.17, 15) is 0 Å². The van der Waals surface area contributed by atoms with Crippen molar-refractivity contribution in [2.75, 3.05) is 0 Å². The molecule has 6 aromatic carbocycles. The van der Waals surface area contributed by atoms with Gasteiger partial charge >= 0.3 is 0 Å². The number of hydrogen-bond donors (Lipinski definition) is 0. The second-order valence-corrected chi connectivity index (χ2v) is 16.9. The van der Waals surface area contributed by atoms with Crippen molar-refractivity contribution in [3.8, 4) is 50.9 Å². The Morgan fingerprint density at radius 2 is 1.41 bits per heavy atom. The van der Waals surface area contributed by atoms with Gasteiger partial charge in [0.25, 0.3) is 0 Å². The Morgan fingerprint density at radius 1 is 0.698 bits per heavy atom. The molecule has 0 N–H and O–H groups in total. The van der Waals surface area contributed by atoms with Crippen molar-refractivity contribution < 1.29 is 32.7 Å². The van der Waals surface area contributed by atoms with Crippen molar-refractivity contribution in [2.24, 2.45) is 0 Å². The van der Waals surface area contributed by atoms with Crippen LogP contribution in [0, 0.1) is 25.8 Å². The quantitative estimate of drug-likeness (QED) is 0.142. The van der Waals surface area contributed by atoms with Gasteiger partial charge in [0, 0.05) is 51.3 Å². The van der Waals surface area contributed by atoms with Crippen molar-refractivity contribution in [1.29, 1.82) is 0 Å². The largest absolute Gasteiger partial charge is 0.457 e. The Balaban J connectivity index is 0.000000257. The molecule has 0 spiro atoms. The van der Waals surface area contributed by atoms with Crippen molar-refractivity contribution in [3.63, 3.8) is 0 Å². The fraction of sp³-hybridized carbons (Fsp3) is 0.246. The van der Waals surface area contributed by atoms with Crippen molar-refractivity contribution in [1.82, 2.24) is 19.5 Å². The summed E-state index contributed by atoms with van der Waals surface area (Å²) in [6.07, 6.45) is 7.87. The van der Waals surface area contributed by atoms with Gasteiger partial charge in [0.1, 0.15) is 0 Å². The molecule has 6 heteroatoms. The molecule has 3 heterocycles. The summed E-state index contributed by atoms with van der Waals surface area (Å²) in [6.45, 7) is 4.75. The summed E-state index contributed by atoms with van der Waals surface area (Å²) in [5.41, 5.74) is 14.3. The number of oxazole rings is 1. The molecule has 9 aromatic rings. The maximum atomic E-state index is 7.28. The normalized spacial score (nSPS) is 14.8. The molecular formula is C57H54IrN4O-2. The fourth-order valence-corrected chi connectivity index (χ4v) is 8.71. The third kappa shape index (κ3) is 9.25. The molecular weight excluding hydrogens is 949 g/mol. The summed E-state index contributed by atoms with van der Waals surface area (Å²) in [4.78, 5) is 14.5. The van der Waals surface area contributed by atoms with Crippen molar-refractivity contribution in [2.45, 2.75) is 91.3 Å². The zero-order valence-corrected chi connectivity index (χ0v) is 38.5. The van der Waals surface area contributed by atoms with Gasteiger partial charge in [-0.2, -0.15) is 0 Å². The molecule has 1 aliphatic carbocycles. The maximum Gasteiger partial charge on any atom is 0.215 e. The van der Waals surface area contributed by atoms with E-state index < -0.39 is 13.7 Å². The van der Waals surface area contributed by atoms with Gasteiger partial charge in [-0.3, -0.25) is 9.97 Å². The van der Waals surface area contributed by atoms with Gasteiger partial charge in [-0.1, -0.05) is 150 Å². The second kappa shape index (κ2) is 19.2. The van der Waals surface area contributed by atoms with Gasteiger partial charge < -0.3 is 14.0 Å². The number of aromatic nitrogens is 4. The number of fused-ring (bicyclic) bond motifs is 2. The van der Waals surface area contributed by atoms with Crippen LogP contribution in [0.1, 0.15) is 114 Å². The number of para-hydroxylation sites is 3. The Morgan fingerprint density at radius 3 is 2.08 bits per heavy atom. The SMILES string of the molecule is CC(C)c1cccc(C(C)C)c1-n1c(-c2[c-]c3oc(-c4ccccc4)nc3c(-c3ccc(C4CCCCC4)cc3)c2)nc2ccccc21.[2H]C([2H])([2H])c1c[c-]c(-c2ccc(C([2H])([2H])[2H])cn2)cc1.[Ir]. The van der Waals surface area contributed by atoms with E-state index in [1.807, 2.05) is 30.3 Å². The summed E-state index contributed by atoms with van der Waals surface area (Å²) < 4.78 is 52.5. The molecule has 0 bridgehead atoms. The molecule has 1 radical (unpaired) electrons. The average molecular weight is 1010 g/mol. The Labute approximate surface area is 394 Å². The van der Waals surface area contributed by atoms with Crippen LogP contribution in [0.15, 0.2) is 144 Å². The first-order valence-corrected chi connectivity index (χ1v) is 21.8. The third-order valence-corrected chi connectivity index (χ3v) is 12.0. The first-order chi connectivity index (χ1) is 32.6. The minimum atomic E-state index is -2.18. The van der Waals surface area contributed by atoms with E-state index in [0.29, 0.717) is 40.5 Å². The minimum Gasteiger partial charge on any atom is -0.457 e.